The van der Waals surface area contributed by atoms with Crippen molar-refractivity contribution in [1.29, 1.82) is 0 Å². The first kappa shape index (κ1) is 14.9. The Kier molecular flexibility index (Phi) is 6.49. The molecule has 0 aliphatic carbocycles. The number of halogens is 2. The molecule has 15 heavy (non-hydrogen) atoms. The summed E-state index contributed by atoms with van der Waals surface area (Å²) in [5.74, 6) is 0.637. The first-order chi connectivity index (χ1) is 6.50. The van der Waals surface area contributed by atoms with Crippen LogP contribution < -0.4 is 5.73 Å². The zero-order valence-corrected chi connectivity index (χ0v) is 11.9. The molecule has 1 atom stereocenters. The van der Waals surface area contributed by atoms with Gasteiger partial charge >= 0.3 is 0 Å². The molecule has 0 aromatic heterocycles. The van der Waals surface area contributed by atoms with E-state index >= 15 is 0 Å². The quantitative estimate of drug-likeness (QED) is 0.886. The van der Waals surface area contributed by atoms with E-state index in [1.165, 1.54) is 11.1 Å². The van der Waals surface area contributed by atoms with E-state index in [-0.39, 0.29) is 18.4 Å². The van der Waals surface area contributed by atoms with E-state index in [1.807, 2.05) is 0 Å². The fourth-order valence-electron chi connectivity index (χ4n) is 1.57. The Balaban J connectivity index is 0.00000196. The van der Waals surface area contributed by atoms with E-state index in [4.69, 9.17) is 5.73 Å². The summed E-state index contributed by atoms with van der Waals surface area (Å²) in [6, 6.07) is 6.49. The highest BCUT2D eigenvalue weighted by Crippen LogP contribution is 2.26. The average Bonchev–Trinajstić information content (AvgIpc) is 2.01. The lowest BCUT2D eigenvalue weighted by Crippen LogP contribution is -2.13. The maximum absolute atomic E-state index is 6.12. The second-order valence-corrected chi connectivity index (χ2v) is 5.12. The molecule has 0 fully saturated rings. The lowest BCUT2D eigenvalue weighted by atomic mass is 9.97. The number of nitrogens with two attached hydrogens (primary N) is 1. The zero-order valence-electron chi connectivity index (χ0n) is 9.46. The van der Waals surface area contributed by atoms with Gasteiger partial charge in [-0.05, 0) is 36.5 Å². The Morgan fingerprint density at radius 1 is 1.33 bits per heavy atom. The van der Waals surface area contributed by atoms with Gasteiger partial charge in [-0.1, -0.05) is 41.9 Å². The van der Waals surface area contributed by atoms with E-state index in [0.717, 1.165) is 10.9 Å². The predicted molar refractivity (Wildman–Crippen MR) is 72.5 cm³/mol. The van der Waals surface area contributed by atoms with Crippen LogP contribution in [-0.2, 0) is 0 Å². The van der Waals surface area contributed by atoms with Crippen LogP contribution in [0.15, 0.2) is 22.7 Å². The summed E-state index contributed by atoms with van der Waals surface area (Å²) in [6.07, 6.45) is 1.03. The van der Waals surface area contributed by atoms with Crippen molar-refractivity contribution in [3.05, 3.63) is 33.8 Å². The number of benzene rings is 1. The summed E-state index contributed by atoms with van der Waals surface area (Å²) in [6.45, 7) is 6.48. The third kappa shape index (κ3) is 4.54. The van der Waals surface area contributed by atoms with E-state index < -0.39 is 0 Å². The van der Waals surface area contributed by atoms with Crippen LogP contribution in [0.5, 0.6) is 0 Å². The van der Waals surface area contributed by atoms with Gasteiger partial charge in [0.1, 0.15) is 0 Å². The van der Waals surface area contributed by atoms with Gasteiger partial charge in [-0.2, -0.15) is 0 Å². The van der Waals surface area contributed by atoms with Gasteiger partial charge in [-0.25, -0.2) is 0 Å². The van der Waals surface area contributed by atoms with Crippen LogP contribution in [-0.4, -0.2) is 0 Å². The summed E-state index contributed by atoms with van der Waals surface area (Å²) in [7, 11) is 0. The molecule has 0 spiro atoms. The van der Waals surface area contributed by atoms with Gasteiger partial charge in [0, 0.05) is 10.5 Å². The maximum Gasteiger partial charge on any atom is 0.0308 e. The minimum absolute atomic E-state index is 0. The van der Waals surface area contributed by atoms with Crippen molar-refractivity contribution in [1.82, 2.24) is 0 Å². The fourth-order valence-corrected chi connectivity index (χ4v) is 2.35. The van der Waals surface area contributed by atoms with Crippen LogP contribution in [0.25, 0.3) is 0 Å². The summed E-state index contributed by atoms with van der Waals surface area (Å²) in [5, 5.41) is 0. The van der Waals surface area contributed by atoms with Crippen molar-refractivity contribution >= 4 is 28.3 Å². The molecule has 1 aromatic carbocycles. The van der Waals surface area contributed by atoms with Crippen LogP contribution in [0, 0.1) is 12.8 Å². The van der Waals surface area contributed by atoms with E-state index in [9.17, 15) is 0 Å². The third-order valence-electron chi connectivity index (χ3n) is 2.28. The van der Waals surface area contributed by atoms with Crippen molar-refractivity contribution in [3.63, 3.8) is 0 Å². The largest absolute Gasteiger partial charge is 0.324 e. The molecule has 0 unspecified atom stereocenters. The van der Waals surface area contributed by atoms with E-state index in [2.05, 4.69) is 54.9 Å². The Hall–Kier alpha value is -0.0500. The fraction of sp³-hybridized carbons (Fsp3) is 0.500. The van der Waals surface area contributed by atoms with Crippen molar-refractivity contribution in [2.75, 3.05) is 0 Å². The van der Waals surface area contributed by atoms with Gasteiger partial charge in [0.05, 0.1) is 0 Å². The van der Waals surface area contributed by atoms with Crippen molar-refractivity contribution in [3.8, 4) is 0 Å². The molecule has 0 aliphatic rings. The number of hydrogen-bond acceptors (Lipinski definition) is 1. The highest BCUT2D eigenvalue weighted by Gasteiger charge is 2.11. The first-order valence-electron chi connectivity index (χ1n) is 5.02. The van der Waals surface area contributed by atoms with Crippen LogP contribution in [0.1, 0.15) is 37.4 Å². The van der Waals surface area contributed by atoms with Gasteiger partial charge in [-0.3, -0.25) is 0 Å². The van der Waals surface area contributed by atoms with Gasteiger partial charge < -0.3 is 5.73 Å². The molecular weight excluding hydrogens is 273 g/mol. The van der Waals surface area contributed by atoms with Crippen LogP contribution in [0.2, 0.25) is 0 Å². The second-order valence-electron chi connectivity index (χ2n) is 4.26. The van der Waals surface area contributed by atoms with Crippen molar-refractivity contribution in [2.24, 2.45) is 11.7 Å². The number of hydrogen-bond donors (Lipinski definition) is 1. The van der Waals surface area contributed by atoms with Crippen molar-refractivity contribution in [2.45, 2.75) is 33.2 Å². The molecule has 0 aliphatic heterocycles. The maximum atomic E-state index is 6.12. The van der Waals surface area contributed by atoms with Gasteiger partial charge in [-0.15, -0.1) is 12.4 Å². The summed E-state index contributed by atoms with van der Waals surface area (Å²) in [4.78, 5) is 0. The molecule has 0 heterocycles. The van der Waals surface area contributed by atoms with Gasteiger partial charge in [0.2, 0.25) is 0 Å². The third-order valence-corrected chi connectivity index (χ3v) is 2.97. The first-order valence-corrected chi connectivity index (χ1v) is 5.81. The molecule has 0 radical (unpaired) electrons. The highest BCUT2D eigenvalue weighted by molar-refractivity contribution is 9.10. The summed E-state index contributed by atoms with van der Waals surface area (Å²) >= 11 is 3.56. The monoisotopic (exact) mass is 291 g/mol. The average molecular weight is 293 g/mol. The topological polar surface area (TPSA) is 26.0 Å². The number of rotatable bonds is 3. The summed E-state index contributed by atoms with van der Waals surface area (Å²) in [5.41, 5.74) is 8.59. The Labute approximate surface area is 107 Å². The molecule has 3 heteroatoms. The lowest BCUT2D eigenvalue weighted by Gasteiger charge is -2.16. The minimum Gasteiger partial charge on any atom is -0.324 e. The minimum atomic E-state index is 0. The second kappa shape index (κ2) is 6.51. The Bertz CT molecular complexity index is 312. The van der Waals surface area contributed by atoms with Crippen LogP contribution in [0.3, 0.4) is 0 Å². The summed E-state index contributed by atoms with van der Waals surface area (Å²) < 4.78 is 1.13. The smallest absolute Gasteiger partial charge is 0.0308 e. The van der Waals surface area contributed by atoms with Gasteiger partial charge in [0.25, 0.3) is 0 Å². The van der Waals surface area contributed by atoms with Gasteiger partial charge in [0.15, 0.2) is 0 Å². The molecule has 1 rings (SSSR count). The van der Waals surface area contributed by atoms with Crippen LogP contribution >= 0.6 is 28.3 Å². The predicted octanol–water partition coefficient (Wildman–Crippen LogP) is 4.23. The lowest BCUT2D eigenvalue weighted by molar-refractivity contribution is 0.509. The van der Waals surface area contributed by atoms with E-state index in [1.54, 1.807) is 0 Å². The molecule has 0 saturated heterocycles. The number of aryl methyl sites for hydroxylation is 1. The molecule has 0 saturated carbocycles. The molecule has 86 valence electrons. The normalized spacial score (nSPS) is 12.4. The molecule has 0 amide bonds. The van der Waals surface area contributed by atoms with Crippen molar-refractivity contribution < 1.29 is 0 Å². The van der Waals surface area contributed by atoms with E-state index in [0.29, 0.717) is 5.92 Å². The molecule has 1 aromatic rings. The zero-order chi connectivity index (χ0) is 10.7. The standard InChI is InChI=1S/C12H18BrN.ClH/c1-8(2)6-12(14)10-5-4-9(3)7-11(10)13;/h4-5,7-8,12H,6,14H2,1-3H3;1H/t12-;/m1./s1. The van der Waals surface area contributed by atoms with Crippen LogP contribution in [0.4, 0.5) is 0 Å². The Morgan fingerprint density at radius 2 is 1.93 bits per heavy atom. The Morgan fingerprint density at radius 3 is 2.40 bits per heavy atom. The molecular formula is C12H19BrClN. The highest BCUT2D eigenvalue weighted by atomic mass is 79.9. The molecule has 2 N–H and O–H groups in total. The SMILES string of the molecule is Cc1ccc([C@H](N)CC(C)C)c(Br)c1.Cl. The molecule has 1 nitrogen and oxygen atoms in total. The molecule has 0 bridgehead atoms.